The first kappa shape index (κ1) is 57.3. The number of nitrogens with one attached hydrogen (secondary N) is 3. The standard InChI is InChI=1S/C46H67FN10O13P2Si2/c1-27(2)21-49-44-54-40-33(41(59)55-44)52-26-57(40)42-36(35(30(23-58)65-42)69-73(9,10)45(3,4)5)68-72(62,63-20-16-19-48)64-24-31-34(67-71(60)61)37(70-74(11,12)46(6,7)8)43(66-31)56-22-29(47)32-38(50-25-51-39(32)56)53-28-17-14-13-15-18-28/h13-15,17-18,22,25-27,30-31,34-37,42-43,58H,16,20-21,23-24H2,1-12H3,(H3-,49,50,51,53,54,55,59,60,61)/p+1/t30-,31-,34-,35-,36-,37-,42-,43-,72?/m1/s1. The largest absolute Gasteiger partial charge is 0.695 e. The molecule has 74 heavy (non-hydrogen) atoms. The van der Waals surface area contributed by atoms with Crippen molar-refractivity contribution in [2.24, 2.45) is 5.92 Å². The van der Waals surface area contributed by atoms with E-state index in [1.54, 1.807) is 12.1 Å². The van der Waals surface area contributed by atoms with E-state index in [1.807, 2.05) is 106 Å². The average Bonchev–Trinajstić information content (AvgIpc) is 4.07. The van der Waals surface area contributed by atoms with Crippen LogP contribution in [0.2, 0.25) is 36.3 Å². The molecule has 0 amide bonds. The number of aliphatic hydroxyl groups is 1. The van der Waals surface area contributed by atoms with Crippen molar-refractivity contribution in [2.45, 2.75) is 147 Å². The van der Waals surface area contributed by atoms with Crippen molar-refractivity contribution in [1.82, 2.24) is 34.1 Å². The topological polar surface area (TPSA) is 291 Å². The molecular formula is C46H68FN10O13P2Si2+. The molecule has 23 nitrogen and oxygen atoms in total. The summed E-state index contributed by atoms with van der Waals surface area (Å²) in [6.07, 6.45) is -7.04. The second-order valence-corrected chi connectivity index (χ2v) is 33.5. The van der Waals surface area contributed by atoms with E-state index in [0.29, 0.717) is 12.2 Å². The first-order valence-corrected chi connectivity index (χ1v) is 32.7. The highest BCUT2D eigenvalue weighted by molar-refractivity contribution is 7.48. The van der Waals surface area contributed by atoms with Gasteiger partial charge in [0.05, 0.1) is 44.0 Å². The van der Waals surface area contributed by atoms with Crippen molar-refractivity contribution < 1.29 is 59.9 Å². The SMILES string of the molecule is CC(C)CNc1nc2c(ncn2[C@@H]2O[C@H](CO)[C@@H](O[Si](C)(C)C(C)(C)C)[C@H]2OP(=O)(OCCC#N)OC[C@H]2O[C@@H](n3cc(F)c4c(Nc5ccccc5)ncnc43)[C@H](O[Si](C)(C)C(C)(C)C)[C@@H]2O[P+](=O)O)c(=O)[nH]1. The molecule has 7 rings (SSSR count). The van der Waals surface area contributed by atoms with Gasteiger partial charge in [-0.2, -0.15) is 10.2 Å². The fourth-order valence-corrected chi connectivity index (χ4v) is 12.3. The van der Waals surface area contributed by atoms with Crippen molar-refractivity contribution in [1.29, 1.82) is 5.26 Å². The summed E-state index contributed by atoms with van der Waals surface area (Å²) in [6.45, 7) is 22.5. The van der Waals surface area contributed by atoms with Gasteiger partial charge in [0.25, 0.3) is 5.56 Å². The van der Waals surface area contributed by atoms with Gasteiger partial charge in [-0.1, -0.05) is 73.6 Å². The Bertz CT molecular complexity index is 2930. The Morgan fingerprint density at radius 1 is 0.932 bits per heavy atom. The van der Waals surface area contributed by atoms with E-state index in [9.17, 15) is 24.6 Å². The molecule has 0 spiro atoms. The number of hydrogen-bond acceptors (Lipinski definition) is 19. The Morgan fingerprint density at radius 3 is 2.20 bits per heavy atom. The summed E-state index contributed by atoms with van der Waals surface area (Å²) in [6, 6.07) is 11.0. The maximum Gasteiger partial charge on any atom is 0.695 e. The summed E-state index contributed by atoms with van der Waals surface area (Å²) in [4.78, 5) is 44.2. The number of fused-ring (bicyclic) bond motifs is 2. The second kappa shape index (κ2) is 22.7. The number of anilines is 3. The van der Waals surface area contributed by atoms with Crippen LogP contribution < -0.4 is 16.2 Å². The first-order valence-electron chi connectivity index (χ1n) is 24.3. The number of aromatic amines is 1. The van der Waals surface area contributed by atoms with Crippen molar-refractivity contribution in [2.75, 3.05) is 37.0 Å². The number of nitriles is 1. The van der Waals surface area contributed by atoms with Crippen LogP contribution in [0, 0.1) is 23.1 Å². The highest BCUT2D eigenvalue weighted by atomic mass is 31.2. The van der Waals surface area contributed by atoms with Crippen LogP contribution in [0.1, 0.15) is 74.3 Å². The highest BCUT2D eigenvalue weighted by Crippen LogP contribution is 2.56. The van der Waals surface area contributed by atoms with Gasteiger partial charge in [-0.25, -0.2) is 23.9 Å². The normalized spacial score (nSPS) is 23.9. The maximum atomic E-state index is 16.4. The fraction of sp³-hybridized carbons (Fsp3) is 0.609. The van der Waals surface area contributed by atoms with Crippen LogP contribution in [0.3, 0.4) is 0 Å². The smallest absolute Gasteiger partial charge is 0.408 e. The number of rotatable bonds is 22. The number of para-hydroxylation sites is 1. The zero-order valence-electron chi connectivity index (χ0n) is 43.6. The zero-order valence-corrected chi connectivity index (χ0v) is 47.4. The average molecular weight is 1110 g/mol. The Hall–Kier alpha value is -4.43. The number of nitrogens with zero attached hydrogens (tertiary/aromatic N) is 7. The molecule has 0 aliphatic carbocycles. The number of aliphatic hydroxyl groups excluding tert-OH is 1. The maximum absolute atomic E-state index is 16.4. The lowest BCUT2D eigenvalue weighted by Gasteiger charge is -2.40. The highest BCUT2D eigenvalue weighted by Gasteiger charge is 2.58. The lowest BCUT2D eigenvalue weighted by Crippen LogP contribution is -2.50. The number of phosphoric acid groups is 1. The Labute approximate surface area is 431 Å². The Kier molecular flexibility index (Phi) is 17.5. The number of hydrogen-bond donors (Lipinski definition) is 5. The molecule has 28 heteroatoms. The Morgan fingerprint density at radius 2 is 1.58 bits per heavy atom. The summed E-state index contributed by atoms with van der Waals surface area (Å²) >= 11 is 0. The van der Waals surface area contributed by atoms with Gasteiger partial charge in [0, 0.05) is 23.0 Å². The van der Waals surface area contributed by atoms with Crippen LogP contribution in [0.25, 0.3) is 22.2 Å². The molecule has 0 saturated carbocycles. The summed E-state index contributed by atoms with van der Waals surface area (Å²) in [7, 11) is -14.0. The molecule has 404 valence electrons. The molecule has 2 aliphatic rings. The minimum absolute atomic E-state index is 0.0118. The van der Waals surface area contributed by atoms with Crippen LogP contribution in [-0.4, -0.2) is 124 Å². The van der Waals surface area contributed by atoms with Gasteiger partial charge in [-0.15, -0.1) is 9.42 Å². The van der Waals surface area contributed by atoms with Crippen LogP contribution in [-0.2, 0) is 45.6 Å². The third-order valence-electron chi connectivity index (χ3n) is 13.8. The summed E-state index contributed by atoms with van der Waals surface area (Å²) in [5.41, 5.74) is 0.158. The van der Waals surface area contributed by atoms with Gasteiger partial charge in [-0.3, -0.25) is 27.9 Å². The van der Waals surface area contributed by atoms with Gasteiger partial charge in [0.2, 0.25) is 5.95 Å². The minimum atomic E-state index is -5.00. The third kappa shape index (κ3) is 12.5. The van der Waals surface area contributed by atoms with E-state index in [1.165, 1.54) is 21.8 Å². The number of imidazole rings is 1. The molecule has 2 saturated heterocycles. The molecule has 2 fully saturated rings. The molecule has 5 aromatic rings. The van der Waals surface area contributed by atoms with Crippen LogP contribution in [0.4, 0.5) is 21.8 Å². The lowest BCUT2D eigenvalue weighted by molar-refractivity contribution is -0.0628. The number of aromatic nitrogens is 7. The van der Waals surface area contributed by atoms with E-state index in [0.717, 1.165) is 6.20 Å². The predicted molar refractivity (Wildman–Crippen MR) is 277 cm³/mol. The molecule has 0 bridgehead atoms. The van der Waals surface area contributed by atoms with E-state index >= 15 is 8.96 Å². The molecule has 1 aromatic carbocycles. The molecule has 2 aliphatic heterocycles. The molecule has 6 heterocycles. The molecule has 10 atom stereocenters. The van der Waals surface area contributed by atoms with Crippen LogP contribution in [0.15, 0.2) is 54.0 Å². The molecule has 2 unspecified atom stereocenters. The molecule has 5 N–H and O–H groups in total. The molecular weight excluding hydrogens is 1040 g/mol. The summed E-state index contributed by atoms with van der Waals surface area (Å²) < 4.78 is 98.8. The van der Waals surface area contributed by atoms with Crippen molar-refractivity contribution in [3.8, 4) is 6.07 Å². The van der Waals surface area contributed by atoms with Gasteiger partial charge < -0.3 is 38.6 Å². The number of ether oxygens (including phenoxy) is 2. The summed E-state index contributed by atoms with van der Waals surface area (Å²) in [5, 5.41) is 25.9. The van der Waals surface area contributed by atoms with Gasteiger partial charge in [-0.05, 0) is 54.3 Å². The quantitative estimate of drug-likeness (QED) is 0.0246. The van der Waals surface area contributed by atoms with Gasteiger partial charge in [0.15, 0.2) is 57.8 Å². The van der Waals surface area contributed by atoms with E-state index < -0.39 is 123 Å². The molecule has 4 aromatic heterocycles. The van der Waals surface area contributed by atoms with Crippen LogP contribution in [0.5, 0.6) is 0 Å². The fourth-order valence-electron chi connectivity index (χ4n) is 7.89. The van der Waals surface area contributed by atoms with Crippen molar-refractivity contribution in [3.63, 3.8) is 0 Å². The van der Waals surface area contributed by atoms with E-state index in [2.05, 4.69) is 35.6 Å². The number of benzene rings is 1. The van der Waals surface area contributed by atoms with E-state index in [-0.39, 0.29) is 46.3 Å². The zero-order chi connectivity index (χ0) is 54.1. The lowest BCUT2D eigenvalue weighted by atomic mass is 10.1. The number of phosphoric ester groups is 1. The number of halogens is 1. The van der Waals surface area contributed by atoms with Crippen molar-refractivity contribution >= 4 is 72.4 Å². The van der Waals surface area contributed by atoms with E-state index in [4.69, 9.17) is 36.4 Å². The second-order valence-electron chi connectivity index (χ2n) is 21.7. The monoisotopic (exact) mass is 1110 g/mol. The third-order valence-corrected chi connectivity index (χ3v) is 24.6. The van der Waals surface area contributed by atoms with Crippen molar-refractivity contribution in [3.05, 3.63) is 65.4 Å². The minimum Gasteiger partial charge on any atom is -0.408 e. The Balaban J connectivity index is 1.30. The summed E-state index contributed by atoms with van der Waals surface area (Å²) in [5.74, 6) is -0.230. The predicted octanol–water partition coefficient (Wildman–Crippen LogP) is 8.56. The first-order chi connectivity index (χ1) is 34.7. The van der Waals surface area contributed by atoms with Gasteiger partial charge in [0.1, 0.15) is 42.7 Å². The number of H-pyrrole nitrogens is 1. The van der Waals surface area contributed by atoms with Crippen LogP contribution >= 0.6 is 16.1 Å². The van der Waals surface area contributed by atoms with Gasteiger partial charge >= 0.3 is 16.1 Å². The molecule has 0 radical (unpaired) electrons.